The number of benzene rings is 2. The average Bonchev–Trinajstić information content (AvgIpc) is 3.39. The minimum absolute atomic E-state index is 0.451. The van der Waals surface area contributed by atoms with Gasteiger partial charge < -0.3 is 44.8 Å². The van der Waals surface area contributed by atoms with E-state index in [1.165, 1.54) is 12.1 Å². The molecule has 3 aliphatic carbocycles. The van der Waals surface area contributed by atoms with Gasteiger partial charge in [0.25, 0.3) is 0 Å². The van der Waals surface area contributed by atoms with Crippen molar-refractivity contribution in [3.8, 4) is 11.5 Å². The van der Waals surface area contributed by atoms with Crippen LogP contribution < -0.4 is 0 Å². The minimum atomic E-state index is -3.53. The van der Waals surface area contributed by atoms with E-state index >= 15 is 0 Å². The molecule has 14 heteroatoms. The predicted octanol–water partition coefficient (Wildman–Crippen LogP) is -0.511. The van der Waals surface area contributed by atoms with Crippen molar-refractivity contribution in [1.82, 2.24) is 0 Å². The molecule has 1 spiro atoms. The van der Waals surface area contributed by atoms with Gasteiger partial charge in [-0.3, -0.25) is 24.0 Å². The lowest BCUT2D eigenvalue weighted by atomic mass is 9.51. The second-order valence-corrected chi connectivity index (χ2v) is 11.6. The van der Waals surface area contributed by atoms with Crippen molar-refractivity contribution in [2.24, 2.45) is 17.3 Å². The number of carbonyl (C=O) groups excluding carboxylic acids is 5. The Morgan fingerprint density at radius 3 is 2.18 bits per heavy atom. The van der Waals surface area contributed by atoms with Crippen LogP contribution >= 0.6 is 0 Å². The van der Waals surface area contributed by atoms with E-state index in [-0.39, 0.29) is 0 Å². The lowest BCUT2D eigenvalue weighted by molar-refractivity contribution is -0.293. The number of hydrogen-bond donors (Lipinski definition) is 6. The largest absolute Gasteiger partial charge is 0.507 e. The number of aliphatic hydroxyl groups is 4. The van der Waals surface area contributed by atoms with Crippen molar-refractivity contribution >= 4 is 29.3 Å². The molecule has 0 amide bonds. The molecule has 44 heavy (non-hydrogen) atoms. The summed E-state index contributed by atoms with van der Waals surface area (Å²) < 4.78 is 15.3. The van der Waals surface area contributed by atoms with Crippen LogP contribution in [-0.2, 0) is 29.6 Å². The molecule has 14 nitrogen and oxygen atoms in total. The third-order valence-corrected chi connectivity index (χ3v) is 9.83. The van der Waals surface area contributed by atoms with Crippen molar-refractivity contribution in [2.75, 3.05) is 14.2 Å². The molecule has 1 aliphatic heterocycles. The molecule has 6 N–H and O–H groups in total. The Bertz CT molecular complexity index is 1670. The number of carbonyl (C=O) groups is 5. The number of ketones is 3. The smallest absolute Gasteiger partial charge is 0.308 e. The minimum Gasteiger partial charge on any atom is -0.507 e. The number of aromatic hydroxyl groups is 2. The van der Waals surface area contributed by atoms with Gasteiger partial charge in [0.05, 0.1) is 55.8 Å². The number of phenols is 2. The molecule has 0 radical (unpaired) electrons. The van der Waals surface area contributed by atoms with Crippen molar-refractivity contribution in [3.05, 3.63) is 58.7 Å². The van der Waals surface area contributed by atoms with E-state index in [4.69, 9.17) is 9.47 Å². The first kappa shape index (κ1) is 29.8. The number of methoxy groups -OCH3 is 2. The molecule has 6 rings (SSSR count). The van der Waals surface area contributed by atoms with Gasteiger partial charge in [-0.1, -0.05) is 24.3 Å². The highest BCUT2D eigenvalue weighted by atomic mass is 16.6. The Balaban J connectivity index is 1.75. The Morgan fingerprint density at radius 2 is 1.55 bits per heavy atom. The molecule has 1 saturated heterocycles. The van der Waals surface area contributed by atoms with E-state index in [1.54, 1.807) is 0 Å². The molecule has 0 aromatic heterocycles. The molecular weight excluding hydrogens is 584 g/mol. The van der Waals surface area contributed by atoms with E-state index in [0.717, 1.165) is 38.5 Å². The van der Waals surface area contributed by atoms with Crippen molar-refractivity contribution in [2.45, 2.75) is 48.5 Å². The zero-order valence-electron chi connectivity index (χ0n) is 23.3. The SMILES string of the molecule is COC(=O)C[C@@H]1C[C@]23[C@H](C(=O)c4c(O)cccc4[C@]2(O)O1)[C@@H]([C@H](O)CC(=O)OC)[C@]1(O)C(=O)c2cccc(O)c2C(=O)[C@]31O. The van der Waals surface area contributed by atoms with Crippen LogP contribution in [0.1, 0.15) is 55.9 Å². The summed E-state index contributed by atoms with van der Waals surface area (Å²) >= 11 is 0. The molecule has 232 valence electrons. The fourth-order valence-electron chi connectivity index (χ4n) is 8.21. The average molecular weight is 613 g/mol. The van der Waals surface area contributed by atoms with Crippen molar-refractivity contribution < 1.29 is 68.8 Å². The first-order chi connectivity index (χ1) is 20.7. The number of aliphatic hydroxyl groups excluding tert-OH is 1. The number of Topliss-reactive ketones (excluding diaryl/α,β-unsaturated/α-hetero) is 3. The fraction of sp³-hybridized carbons (Fsp3) is 0.433. The summed E-state index contributed by atoms with van der Waals surface area (Å²) in [5.41, 5.74) is -12.0. The number of fused-ring (bicyclic) bond motifs is 4. The zero-order valence-corrected chi connectivity index (χ0v) is 23.3. The third kappa shape index (κ3) is 3.18. The molecule has 4 aliphatic rings. The summed E-state index contributed by atoms with van der Waals surface area (Å²) in [6.07, 6.45) is -5.86. The lowest BCUT2D eigenvalue weighted by Gasteiger charge is -2.54. The first-order valence-corrected chi connectivity index (χ1v) is 13.6. The second kappa shape index (κ2) is 9.39. The summed E-state index contributed by atoms with van der Waals surface area (Å²) in [5.74, 6) is -14.6. The van der Waals surface area contributed by atoms with E-state index in [0.29, 0.717) is 0 Å². The summed E-state index contributed by atoms with van der Waals surface area (Å²) in [6, 6.07) is 6.80. The van der Waals surface area contributed by atoms with Crippen molar-refractivity contribution in [3.63, 3.8) is 0 Å². The zero-order chi connectivity index (χ0) is 32.1. The molecule has 0 unspecified atom stereocenters. The number of esters is 2. The Labute approximate surface area is 248 Å². The third-order valence-electron chi connectivity index (χ3n) is 9.83. The Morgan fingerprint density at radius 1 is 0.932 bits per heavy atom. The van der Waals surface area contributed by atoms with Crippen molar-refractivity contribution in [1.29, 1.82) is 0 Å². The number of ether oxygens (including phenoxy) is 3. The van der Waals surface area contributed by atoms with Crippen LogP contribution in [-0.4, -0.2) is 97.6 Å². The Hall–Kier alpha value is -4.21. The van der Waals surface area contributed by atoms with Gasteiger partial charge in [-0.25, -0.2) is 0 Å². The van der Waals surface area contributed by atoms with Gasteiger partial charge in [-0.15, -0.1) is 0 Å². The maximum atomic E-state index is 14.5. The quantitative estimate of drug-likeness (QED) is 0.233. The highest BCUT2D eigenvalue weighted by Gasteiger charge is 2.92. The van der Waals surface area contributed by atoms with Gasteiger partial charge in [0, 0.05) is 23.0 Å². The number of rotatable bonds is 5. The van der Waals surface area contributed by atoms with Gasteiger partial charge >= 0.3 is 11.9 Å². The van der Waals surface area contributed by atoms with Gasteiger partial charge in [0.15, 0.2) is 22.8 Å². The second-order valence-electron chi connectivity index (χ2n) is 11.6. The molecule has 8 atom stereocenters. The van der Waals surface area contributed by atoms with Crippen LogP contribution in [0.15, 0.2) is 36.4 Å². The summed E-state index contributed by atoms with van der Waals surface area (Å²) in [7, 11) is 2.06. The van der Waals surface area contributed by atoms with Gasteiger partial charge in [0.2, 0.25) is 11.6 Å². The molecule has 2 aromatic rings. The topological polar surface area (TPSA) is 234 Å². The fourth-order valence-corrected chi connectivity index (χ4v) is 8.21. The molecule has 2 fully saturated rings. The summed E-state index contributed by atoms with van der Waals surface area (Å²) in [4.78, 5) is 68.0. The van der Waals surface area contributed by atoms with E-state index in [1.807, 2.05) is 0 Å². The predicted molar refractivity (Wildman–Crippen MR) is 141 cm³/mol. The lowest BCUT2D eigenvalue weighted by Crippen LogP contribution is -2.74. The van der Waals surface area contributed by atoms with Crippen LogP contribution in [0.25, 0.3) is 0 Å². The number of hydrogen-bond acceptors (Lipinski definition) is 14. The van der Waals surface area contributed by atoms with Gasteiger partial charge in [-0.05, 0) is 18.6 Å². The molecule has 1 heterocycles. The van der Waals surface area contributed by atoms with Crippen LogP contribution in [0.3, 0.4) is 0 Å². The maximum Gasteiger partial charge on any atom is 0.308 e. The van der Waals surface area contributed by atoms with E-state index in [2.05, 4.69) is 4.74 Å². The van der Waals surface area contributed by atoms with Crippen LogP contribution in [0.4, 0.5) is 0 Å². The summed E-state index contributed by atoms with van der Waals surface area (Å²) in [5, 5.41) is 71.0. The highest BCUT2D eigenvalue weighted by molar-refractivity contribution is 6.25. The molecule has 1 saturated carbocycles. The van der Waals surface area contributed by atoms with Crippen LogP contribution in [0, 0.1) is 17.3 Å². The standard InChI is InChI=1S/C30H28O14/c1-42-18(34)9-12-11-27-23(24(36)21-14(30(27,41)44-12)6-4-8-16(21)32)22(17(33)10-19(35)43-2)28(39)25(37)13-5-3-7-15(31)20(13)26(38)29(27,28)40/h3-8,12,17,22-23,31-33,39-41H,9-11H2,1-2H3/t12-,17-,22-,23+,27-,28+,29+,30+/m1/s1. The summed E-state index contributed by atoms with van der Waals surface area (Å²) in [6.45, 7) is 0. The monoisotopic (exact) mass is 612 g/mol. The highest BCUT2D eigenvalue weighted by Crippen LogP contribution is 2.76. The van der Waals surface area contributed by atoms with Crippen LogP contribution in [0.5, 0.6) is 11.5 Å². The first-order valence-electron chi connectivity index (χ1n) is 13.6. The molecular formula is C30H28O14. The Kier molecular flexibility index (Phi) is 6.37. The molecule has 0 bridgehead atoms. The van der Waals surface area contributed by atoms with Gasteiger partial charge in [-0.2, -0.15) is 0 Å². The molecule has 2 aromatic carbocycles. The van der Waals surface area contributed by atoms with E-state index in [9.17, 15) is 54.6 Å². The van der Waals surface area contributed by atoms with Crippen LogP contribution in [0.2, 0.25) is 0 Å². The normalized spacial score (nSPS) is 35.6. The maximum absolute atomic E-state index is 14.5. The van der Waals surface area contributed by atoms with Gasteiger partial charge in [0.1, 0.15) is 11.5 Å². The number of phenolic OH excluding ortho intramolecular Hbond substituents is 2. The van der Waals surface area contributed by atoms with E-state index < -0.39 is 129 Å².